The van der Waals surface area contributed by atoms with Crippen molar-refractivity contribution in [3.8, 4) is 0 Å². The van der Waals surface area contributed by atoms with Gasteiger partial charge in [0.1, 0.15) is 19.3 Å². The van der Waals surface area contributed by atoms with Crippen LogP contribution in [0.4, 0.5) is 5.82 Å². The number of aromatic nitrogens is 2. The molecule has 0 aliphatic carbocycles. The number of hydrogen-bond acceptors (Lipinski definition) is 5. The lowest BCUT2D eigenvalue weighted by Crippen LogP contribution is -2.13. The summed E-state index contributed by atoms with van der Waals surface area (Å²) in [6.07, 6.45) is 2.29. The number of esters is 1. The van der Waals surface area contributed by atoms with Gasteiger partial charge in [-0.3, -0.25) is 4.79 Å². The van der Waals surface area contributed by atoms with E-state index in [-0.39, 0.29) is 24.9 Å². The van der Waals surface area contributed by atoms with E-state index in [1.165, 1.54) is 10.8 Å². The van der Waals surface area contributed by atoms with Crippen molar-refractivity contribution in [2.45, 2.75) is 33.2 Å². The van der Waals surface area contributed by atoms with Crippen molar-refractivity contribution in [2.75, 3.05) is 6.61 Å². The lowest BCUT2D eigenvalue weighted by atomic mass is 10.3. The molecule has 0 saturated heterocycles. The van der Waals surface area contributed by atoms with E-state index in [4.69, 9.17) is 4.74 Å². The fraction of sp³-hybridized carbons (Fsp3) is 0.600. The Morgan fingerprint density at radius 1 is 1.65 bits per heavy atom. The highest BCUT2D eigenvalue weighted by molar-refractivity contribution is 5.69. The van der Waals surface area contributed by atoms with Crippen molar-refractivity contribution in [1.29, 1.82) is 0 Å². The van der Waals surface area contributed by atoms with Crippen molar-refractivity contribution < 1.29 is 14.5 Å². The molecule has 7 nitrogen and oxygen atoms in total. The highest BCUT2D eigenvalue weighted by Gasteiger charge is 2.17. The van der Waals surface area contributed by atoms with Gasteiger partial charge in [-0.15, -0.1) is 0 Å². The van der Waals surface area contributed by atoms with E-state index in [1.54, 1.807) is 6.92 Å². The molecule has 0 spiro atoms. The van der Waals surface area contributed by atoms with Crippen molar-refractivity contribution in [1.82, 2.24) is 9.55 Å². The molecule has 0 unspecified atom stereocenters. The van der Waals surface area contributed by atoms with Gasteiger partial charge in [-0.2, -0.15) is 0 Å². The summed E-state index contributed by atoms with van der Waals surface area (Å²) < 4.78 is 6.35. The minimum Gasteiger partial charge on any atom is -0.461 e. The van der Waals surface area contributed by atoms with Crippen LogP contribution in [0.5, 0.6) is 0 Å². The lowest BCUT2D eigenvalue weighted by molar-refractivity contribution is -0.392. The van der Waals surface area contributed by atoms with Crippen LogP contribution >= 0.6 is 0 Å². The van der Waals surface area contributed by atoms with Crippen molar-refractivity contribution in [3.05, 3.63) is 22.1 Å². The summed E-state index contributed by atoms with van der Waals surface area (Å²) in [6, 6.07) is 0. The number of aryl methyl sites for hydroxylation is 1. The molecule has 0 aliphatic heterocycles. The zero-order valence-corrected chi connectivity index (χ0v) is 9.88. The van der Waals surface area contributed by atoms with Gasteiger partial charge in [-0.1, -0.05) is 6.92 Å². The van der Waals surface area contributed by atoms with Crippen molar-refractivity contribution in [2.24, 2.45) is 0 Å². The van der Waals surface area contributed by atoms with Crippen LogP contribution in [0.2, 0.25) is 0 Å². The molecule has 0 fully saturated rings. The largest absolute Gasteiger partial charge is 0.461 e. The van der Waals surface area contributed by atoms with E-state index in [1.807, 2.05) is 6.92 Å². The zero-order valence-electron chi connectivity index (χ0n) is 9.88. The van der Waals surface area contributed by atoms with Crippen molar-refractivity contribution in [3.63, 3.8) is 0 Å². The number of carbonyl (C=O) groups is 1. The summed E-state index contributed by atoms with van der Waals surface area (Å²) in [5.74, 6) is 0.158. The number of carbonyl (C=O) groups excluding carboxylic acids is 1. The van der Waals surface area contributed by atoms with Crippen LogP contribution in [-0.2, 0) is 16.1 Å². The molecular formula is C10H15N3O4. The fourth-order valence-electron chi connectivity index (χ4n) is 1.41. The molecule has 0 bridgehead atoms. The number of ether oxygens (including phenoxy) is 1. The molecule has 0 N–H and O–H groups in total. The summed E-state index contributed by atoms with van der Waals surface area (Å²) >= 11 is 0. The maximum Gasteiger partial charge on any atom is 0.342 e. The Balaban J connectivity index is 2.54. The lowest BCUT2D eigenvalue weighted by Gasteiger charge is -2.04. The molecule has 0 aliphatic rings. The first-order valence-electron chi connectivity index (χ1n) is 5.38. The van der Waals surface area contributed by atoms with Gasteiger partial charge >= 0.3 is 11.8 Å². The van der Waals surface area contributed by atoms with E-state index < -0.39 is 4.92 Å². The van der Waals surface area contributed by atoms with E-state index in [9.17, 15) is 14.9 Å². The van der Waals surface area contributed by atoms with Gasteiger partial charge in [-0.05, 0) is 11.3 Å². The molecule has 1 aromatic rings. The SMILES string of the molecule is CCCC(=O)OCCn1c([N+](=O)[O-])cnc1C. The van der Waals surface area contributed by atoms with Crippen molar-refractivity contribution >= 4 is 11.8 Å². The average molecular weight is 241 g/mol. The molecular weight excluding hydrogens is 226 g/mol. The van der Waals surface area contributed by atoms with Gasteiger partial charge in [0, 0.05) is 13.3 Å². The van der Waals surface area contributed by atoms with E-state index in [0.717, 1.165) is 6.42 Å². The maximum atomic E-state index is 11.1. The van der Waals surface area contributed by atoms with Crippen LogP contribution in [0.1, 0.15) is 25.6 Å². The van der Waals surface area contributed by atoms with Crippen LogP contribution in [-0.4, -0.2) is 27.1 Å². The first-order chi connectivity index (χ1) is 8.06. The van der Waals surface area contributed by atoms with Gasteiger partial charge in [0.2, 0.25) is 0 Å². The Morgan fingerprint density at radius 2 is 2.35 bits per heavy atom. The third kappa shape index (κ3) is 3.54. The molecule has 0 atom stereocenters. The second kappa shape index (κ2) is 5.97. The summed E-state index contributed by atoms with van der Waals surface area (Å²) in [7, 11) is 0. The van der Waals surface area contributed by atoms with Crippen LogP contribution in [0.3, 0.4) is 0 Å². The fourth-order valence-corrected chi connectivity index (χ4v) is 1.41. The highest BCUT2D eigenvalue weighted by atomic mass is 16.6. The van der Waals surface area contributed by atoms with Gasteiger partial charge in [0.05, 0.1) is 0 Å². The van der Waals surface area contributed by atoms with Crippen LogP contribution in [0.25, 0.3) is 0 Å². The summed E-state index contributed by atoms with van der Waals surface area (Å²) in [6.45, 7) is 3.92. The molecule has 1 rings (SSSR count). The van der Waals surface area contributed by atoms with Crippen LogP contribution in [0.15, 0.2) is 6.20 Å². The first-order valence-corrected chi connectivity index (χ1v) is 5.38. The topological polar surface area (TPSA) is 87.3 Å². The molecule has 0 aromatic carbocycles. The number of nitrogens with zero attached hydrogens (tertiary/aromatic N) is 3. The van der Waals surface area contributed by atoms with E-state index in [2.05, 4.69) is 4.98 Å². The third-order valence-electron chi connectivity index (χ3n) is 2.25. The second-order valence-corrected chi connectivity index (χ2v) is 3.54. The first kappa shape index (κ1) is 13.1. The predicted octanol–water partition coefficient (Wildman–Crippen LogP) is 1.44. The standard InChI is InChI=1S/C10H15N3O4/c1-3-4-10(14)17-6-5-12-8(2)11-7-9(12)13(15)16/h7H,3-6H2,1-2H3. The maximum absolute atomic E-state index is 11.1. The monoisotopic (exact) mass is 241 g/mol. The predicted molar refractivity (Wildman–Crippen MR) is 59.5 cm³/mol. The van der Waals surface area contributed by atoms with Gasteiger partial charge in [0.15, 0.2) is 5.82 Å². The van der Waals surface area contributed by atoms with E-state index >= 15 is 0 Å². The molecule has 94 valence electrons. The van der Waals surface area contributed by atoms with Gasteiger partial charge in [0.25, 0.3) is 0 Å². The molecule has 0 radical (unpaired) electrons. The summed E-state index contributed by atoms with van der Waals surface area (Å²) in [4.78, 5) is 25.1. The highest BCUT2D eigenvalue weighted by Crippen LogP contribution is 2.13. The molecule has 1 aromatic heterocycles. The van der Waals surface area contributed by atoms with Gasteiger partial charge in [-0.25, -0.2) is 9.55 Å². The second-order valence-electron chi connectivity index (χ2n) is 3.54. The smallest absolute Gasteiger partial charge is 0.342 e. The Bertz CT molecular complexity index is 414. The van der Waals surface area contributed by atoms with Crippen LogP contribution in [0, 0.1) is 17.0 Å². The minimum atomic E-state index is -0.506. The Hall–Kier alpha value is -1.92. The summed E-state index contributed by atoms with van der Waals surface area (Å²) in [5.41, 5.74) is 0. The molecule has 0 amide bonds. The Morgan fingerprint density at radius 3 is 2.94 bits per heavy atom. The van der Waals surface area contributed by atoms with Gasteiger partial charge < -0.3 is 14.9 Å². The zero-order chi connectivity index (χ0) is 12.8. The number of imidazole rings is 1. The van der Waals surface area contributed by atoms with Crippen LogP contribution < -0.4 is 0 Å². The Kier molecular flexibility index (Phi) is 4.62. The quantitative estimate of drug-likeness (QED) is 0.427. The third-order valence-corrected chi connectivity index (χ3v) is 2.25. The average Bonchev–Trinajstić information content (AvgIpc) is 2.61. The number of rotatable bonds is 6. The summed E-state index contributed by atoms with van der Waals surface area (Å²) in [5, 5.41) is 10.7. The molecule has 1 heterocycles. The molecule has 17 heavy (non-hydrogen) atoms. The number of nitro groups is 1. The minimum absolute atomic E-state index is 0.0889. The number of hydrogen-bond donors (Lipinski definition) is 0. The van der Waals surface area contributed by atoms with E-state index in [0.29, 0.717) is 12.2 Å². The normalized spacial score (nSPS) is 10.2. The molecule has 0 saturated carbocycles. The molecule has 7 heteroatoms. The Labute approximate surface area is 98.6 Å².